The van der Waals surface area contributed by atoms with Gasteiger partial charge in [-0.25, -0.2) is 0 Å². The van der Waals surface area contributed by atoms with Gasteiger partial charge in [-0.15, -0.1) is 0 Å². The van der Waals surface area contributed by atoms with Crippen molar-refractivity contribution in [3.8, 4) is 5.75 Å². The van der Waals surface area contributed by atoms with Crippen LogP contribution in [-0.2, 0) is 21.1 Å². The number of likely N-dealkylation sites (tertiary alicyclic amines) is 1. The molecule has 2 atom stereocenters. The molecule has 0 saturated carbocycles. The number of nitrogens with two attached hydrogens (primary N) is 1. The van der Waals surface area contributed by atoms with Crippen molar-refractivity contribution in [2.75, 3.05) is 38.1 Å². The van der Waals surface area contributed by atoms with Gasteiger partial charge in [-0.2, -0.15) is 4.72 Å². The number of ether oxygens (including phenoxy) is 2. The van der Waals surface area contributed by atoms with E-state index in [0.29, 0.717) is 30.2 Å². The highest BCUT2D eigenvalue weighted by Crippen LogP contribution is 2.31. The van der Waals surface area contributed by atoms with E-state index < -0.39 is 11.5 Å². The molecule has 1 aromatic rings. The number of anilines is 1. The molecule has 2 aliphatic rings. The SMILES string of the molecule is COCC(=O)N1CCCC(COc2cccc3c2C(N)=N[S+]([O-])N3)C1. The second kappa shape index (κ2) is 7.94. The lowest BCUT2D eigenvalue weighted by molar-refractivity contribution is -0.137. The third kappa shape index (κ3) is 4.17. The fourth-order valence-electron chi connectivity index (χ4n) is 3.10. The number of amides is 1. The van der Waals surface area contributed by atoms with Crippen LogP contribution in [0.5, 0.6) is 5.75 Å². The van der Waals surface area contributed by atoms with E-state index in [1.54, 1.807) is 6.07 Å². The van der Waals surface area contributed by atoms with E-state index in [4.69, 9.17) is 15.2 Å². The van der Waals surface area contributed by atoms with Crippen LogP contribution in [0.1, 0.15) is 18.4 Å². The van der Waals surface area contributed by atoms with E-state index in [2.05, 4.69) is 9.12 Å². The third-order valence-electron chi connectivity index (χ3n) is 4.27. The van der Waals surface area contributed by atoms with Crippen molar-refractivity contribution < 1.29 is 18.8 Å². The highest BCUT2D eigenvalue weighted by molar-refractivity contribution is 7.91. The minimum Gasteiger partial charge on any atom is -0.566 e. The predicted octanol–water partition coefficient (Wildman–Crippen LogP) is 0.660. The molecule has 25 heavy (non-hydrogen) atoms. The Morgan fingerprint density at radius 3 is 3.20 bits per heavy atom. The fraction of sp³-hybridized carbons (Fsp3) is 0.500. The quantitative estimate of drug-likeness (QED) is 0.741. The van der Waals surface area contributed by atoms with Crippen LogP contribution in [0, 0.1) is 5.92 Å². The molecule has 2 heterocycles. The minimum absolute atomic E-state index is 0.00680. The zero-order valence-electron chi connectivity index (χ0n) is 14.1. The maximum atomic E-state index is 12.0. The number of piperidine rings is 1. The van der Waals surface area contributed by atoms with Gasteiger partial charge in [0.2, 0.25) is 17.5 Å². The molecule has 1 saturated heterocycles. The van der Waals surface area contributed by atoms with Crippen LogP contribution in [0.4, 0.5) is 5.69 Å². The molecule has 0 aliphatic carbocycles. The van der Waals surface area contributed by atoms with E-state index >= 15 is 0 Å². The number of nitrogens with zero attached hydrogens (tertiary/aromatic N) is 2. The van der Waals surface area contributed by atoms with Crippen molar-refractivity contribution in [3.05, 3.63) is 23.8 Å². The lowest BCUT2D eigenvalue weighted by atomic mass is 9.99. The van der Waals surface area contributed by atoms with Gasteiger partial charge in [0.15, 0.2) is 5.84 Å². The Hall–Kier alpha value is -1.97. The molecule has 9 heteroatoms. The normalized spacial score (nSPS) is 22.6. The van der Waals surface area contributed by atoms with Gasteiger partial charge in [-0.1, -0.05) is 6.07 Å². The Kier molecular flexibility index (Phi) is 5.67. The Morgan fingerprint density at radius 2 is 2.40 bits per heavy atom. The second-order valence-corrected chi connectivity index (χ2v) is 6.98. The number of carbonyl (C=O) groups excluding carboxylic acids is 1. The predicted molar refractivity (Wildman–Crippen MR) is 95.6 cm³/mol. The molecule has 0 bridgehead atoms. The van der Waals surface area contributed by atoms with Gasteiger partial charge in [-0.05, 0) is 29.4 Å². The number of benzene rings is 1. The summed E-state index contributed by atoms with van der Waals surface area (Å²) in [6.07, 6.45) is 1.94. The highest BCUT2D eigenvalue weighted by atomic mass is 32.2. The summed E-state index contributed by atoms with van der Waals surface area (Å²) in [5.41, 5.74) is 7.18. The zero-order chi connectivity index (χ0) is 17.8. The first-order valence-electron chi connectivity index (χ1n) is 8.14. The lowest BCUT2D eigenvalue weighted by Crippen LogP contribution is -2.43. The van der Waals surface area contributed by atoms with Gasteiger partial charge in [0.25, 0.3) is 0 Å². The maximum absolute atomic E-state index is 12.0. The molecule has 1 aromatic carbocycles. The highest BCUT2D eigenvalue weighted by Gasteiger charge is 2.27. The summed E-state index contributed by atoms with van der Waals surface area (Å²) >= 11 is -1.56. The number of fused-ring (bicyclic) bond motifs is 1. The molecule has 3 rings (SSSR count). The van der Waals surface area contributed by atoms with E-state index in [9.17, 15) is 9.35 Å². The van der Waals surface area contributed by atoms with Crippen molar-refractivity contribution in [3.63, 3.8) is 0 Å². The Balaban J connectivity index is 1.64. The van der Waals surface area contributed by atoms with Crippen LogP contribution < -0.4 is 15.2 Å². The van der Waals surface area contributed by atoms with Crippen LogP contribution in [0.25, 0.3) is 0 Å². The number of methoxy groups -OCH3 is 1. The number of carbonyl (C=O) groups is 1. The van der Waals surface area contributed by atoms with Crippen LogP contribution in [-0.4, -0.2) is 54.6 Å². The first-order valence-corrected chi connectivity index (χ1v) is 9.24. The summed E-state index contributed by atoms with van der Waals surface area (Å²) < 4.78 is 29.0. The molecule has 1 fully saturated rings. The average molecular weight is 366 g/mol. The average Bonchev–Trinajstić information content (AvgIpc) is 2.60. The van der Waals surface area contributed by atoms with Gasteiger partial charge in [0.05, 0.1) is 17.9 Å². The summed E-state index contributed by atoms with van der Waals surface area (Å²) in [6, 6.07) is 5.41. The lowest BCUT2D eigenvalue weighted by Gasteiger charge is -2.32. The number of nitrogens with one attached hydrogen (secondary N) is 1. The Morgan fingerprint density at radius 1 is 1.56 bits per heavy atom. The van der Waals surface area contributed by atoms with Crippen LogP contribution in [0.3, 0.4) is 0 Å². The monoisotopic (exact) mass is 366 g/mol. The molecule has 1 amide bonds. The molecular formula is C16H22N4O4S. The molecule has 136 valence electrons. The van der Waals surface area contributed by atoms with E-state index in [0.717, 1.165) is 19.4 Å². The van der Waals surface area contributed by atoms with Crippen molar-refractivity contribution in [2.45, 2.75) is 12.8 Å². The summed E-state index contributed by atoms with van der Waals surface area (Å²) in [4.78, 5) is 13.8. The topological polar surface area (TPSA) is 112 Å². The smallest absolute Gasteiger partial charge is 0.248 e. The van der Waals surface area contributed by atoms with Gasteiger partial charge in [-0.3, -0.25) is 4.79 Å². The Bertz CT molecular complexity index is 670. The molecule has 2 unspecified atom stereocenters. The standard InChI is InChI=1S/C16H22N4O4S/c1-23-10-14(21)20-7-3-4-11(8-20)9-24-13-6-2-5-12-15(13)16(17)19-25(22)18-12/h2,5-6,11,18H,3-4,7-10H2,1H3,(H2,17,19). The molecular weight excluding hydrogens is 344 g/mol. The summed E-state index contributed by atoms with van der Waals surface area (Å²) in [7, 11) is 1.52. The third-order valence-corrected chi connectivity index (χ3v) is 5.03. The summed E-state index contributed by atoms with van der Waals surface area (Å²) in [5, 5.41) is 0. The van der Waals surface area contributed by atoms with Crippen molar-refractivity contribution in [2.24, 2.45) is 16.0 Å². The second-order valence-electron chi connectivity index (χ2n) is 6.10. The van der Waals surface area contributed by atoms with Gasteiger partial charge in [0.1, 0.15) is 12.4 Å². The van der Waals surface area contributed by atoms with Gasteiger partial charge in [0, 0.05) is 26.1 Å². The van der Waals surface area contributed by atoms with Crippen molar-refractivity contribution in [1.82, 2.24) is 4.90 Å². The van der Waals surface area contributed by atoms with Crippen LogP contribution in [0.15, 0.2) is 22.6 Å². The van der Waals surface area contributed by atoms with E-state index in [1.807, 2.05) is 17.0 Å². The van der Waals surface area contributed by atoms with Crippen molar-refractivity contribution in [1.29, 1.82) is 0 Å². The summed E-state index contributed by atoms with van der Waals surface area (Å²) in [5.74, 6) is 1.05. The molecule has 0 aromatic heterocycles. The summed E-state index contributed by atoms with van der Waals surface area (Å²) in [6.45, 7) is 2.00. The van der Waals surface area contributed by atoms with E-state index in [-0.39, 0.29) is 24.3 Å². The number of hydrogen-bond donors (Lipinski definition) is 2. The zero-order valence-corrected chi connectivity index (χ0v) is 14.9. The first kappa shape index (κ1) is 17.8. The number of hydrogen-bond acceptors (Lipinski definition) is 7. The number of rotatable bonds is 5. The molecule has 0 radical (unpaired) electrons. The fourth-order valence-corrected chi connectivity index (χ4v) is 3.78. The molecule has 0 spiro atoms. The first-order chi connectivity index (χ1) is 12.1. The van der Waals surface area contributed by atoms with Gasteiger partial charge >= 0.3 is 0 Å². The van der Waals surface area contributed by atoms with E-state index in [1.165, 1.54) is 7.11 Å². The molecule has 2 aliphatic heterocycles. The largest absolute Gasteiger partial charge is 0.566 e. The van der Waals surface area contributed by atoms with Crippen molar-refractivity contribution >= 4 is 29.0 Å². The Labute approximate surface area is 149 Å². The van der Waals surface area contributed by atoms with Gasteiger partial charge < -0.3 is 24.7 Å². The maximum Gasteiger partial charge on any atom is 0.248 e. The van der Waals surface area contributed by atoms with Crippen LogP contribution >= 0.6 is 0 Å². The minimum atomic E-state index is -1.56. The molecule has 3 N–H and O–H groups in total. The molecule has 8 nitrogen and oxygen atoms in total. The number of amidine groups is 1. The van der Waals surface area contributed by atoms with Crippen LogP contribution in [0.2, 0.25) is 0 Å².